The third-order valence-electron chi connectivity index (χ3n) is 23.0. The van der Waals surface area contributed by atoms with Crippen molar-refractivity contribution in [2.75, 3.05) is 148 Å². The summed E-state index contributed by atoms with van der Waals surface area (Å²) in [4.78, 5) is 126. The van der Waals surface area contributed by atoms with Gasteiger partial charge in [0, 0.05) is 205 Å². The van der Waals surface area contributed by atoms with E-state index in [4.69, 9.17) is 14.2 Å². The monoisotopic (exact) mass is 1650 g/mol. The molecule has 6 N–H and O–H groups in total. The maximum atomic E-state index is 13.0. The van der Waals surface area contributed by atoms with Gasteiger partial charge in [-0.2, -0.15) is 0 Å². The highest BCUT2D eigenvalue weighted by Gasteiger charge is 2.30. The number of H-pyrrole nitrogens is 3. The van der Waals surface area contributed by atoms with Crippen molar-refractivity contribution in [2.45, 2.75) is 75.9 Å². The molecule has 29 nitrogen and oxygen atoms in total. The van der Waals surface area contributed by atoms with E-state index in [1.807, 2.05) is 109 Å². The zero-order chi connectivity index (χ0) is 84.5. The first kappa shape index (κ1) is 83.0. The van der Waals surface area contributed by atoms with Crippen molar-refractivity contribution in [3.8, 4) is 33.8 Å². The number of aromatic nitrogens is 12. The van der Waals surface area contributed by atoms with Gasteiger partial charge >= 0.3 is 0 Å². The van der Waals surface area contributed by atoms with E-state index in [1.54, 1.807) is 43.6 Å². The number of fused-ring (bicyclic) bond motifs is 3. The van der Waals surface area contributed by atoms with Crippen molar-refractivity contribution in [1.82, 2.24) is 75.8 Å². The van der Waals surface area contributed by atoms with E-state index in [0.717, 1.165) is 239 Å². The Morgan fingerprint density at radius 1 is 0.366 bits per heavy atom. The topological polar surface area (TPSA) is 332 Å². The van der Waals surface area contributed by atoms with Gasteiger partial charge in [0.15, 0.2) is 0 Å². The minimum atomic E-state index is -0.153. The van der Waals surface area contributed by atoms with Gasteiger partial charge in [0.1, 0.15) is 70.7 Å². The molecular formula is C94H101N21O8. The first-order valence-electron chi connectivity index (χ1n) is 42.0. The van der Waals surface area contributed by atoms with Gasteiger partial charge in [0.2, 0.25) is 11.8 Å². The molecule has 2 atom stereocenters. The van der Waals surface area contributed by atoms with Crippen LogP contribution in [0.15, 0.2) is 215 Å². The molecule has 2 unspecified atom stereocenters. The Hall–Kier alpha value is -13.6. The summed E-state index contributed by atoms with van der Waals surface area (Å²) < 4.78 is 16.5. The van der Waals surface area contributed by atoms with E-state index < -0.39 is 0 Å². The fourth-order valence-corrected chi connectivity index (χ4v) is 16.6. The molecule has 6 saturated heterocycles. The summed E-state index contributed by atoms with van der Waals surface area (Å²) in [5.74, 6) is 2.83. The number of Topliss-reactive ketones (excluding diaryl/α,β-unsaturated/α-hetero) is 3. The van der Waals surface area contributed by atoms with Gasteiger partial charge in [0.05, 0.1) is 61.8 Å². The molecule has 12 aromatic rings. The van der Waals surface area contributed by atoms with Gasteiger partial charge in [-0.05, 0) is 125 Å². The number of carbonyl (C=O) groups excluding carboxylic acids is 5. The highest BCUT2D eigenvalue weighted by atomic mass is 16.5. The third-order valence-corrected chi connectivity index (χ3v) is 23.0. The Morgan fingerprint density at radius 2 is 0.707 bits per heavy atom. The van der Waals surface area contributed by atoms with Crippen LogP contribution >= 0.6 is 0 Å². The number of nitrogens with zero attached hydrogens (tertiary/aromatic N) is 15. The number of hydrogen-bond donors (Lipinski definition) is 6. The largest absolute Gasteiger partial charge is 0.379 e. The molecule has 9 aromatic heterocycles. The standard InChI is InChI=1S/C32H35N7O3.C31H33N7O3.C31H33N7O2/c1-2-30(41)36-24-4-3-11-39(20-24)26-9-10-33-25(17-26)18-27(40)16-22-5-7-23(8-6-22)29-19-28-31(37-29)34-21-35-32(28)38-12-14-42-15-13-38;1-2-29(40)35-23-8-10-38(19-23)25-7-9-32-24(16-25)17-26(39)15-21-3-5-22(6-4-21)28-18-27-30(36-28)33-20-34-31(27)37-11-13-41-14-12-37;1-3-21(2)35-25-18-38(19-25)26-8-9-32-24(15-26)16-27(39)14-22-4-6-23(7-5-22)29-17-28-30(36-29)33-20-34-31(28)37-10-12-40-13-11-37/h2,5-10,17,19,21,24H,1,3-4,11-16,18,20H2,(H,36,41)(H,34,35,37);2-7,9,16,18,20,23H,1,8,10-15,17,19H2,(H,35,40)(H,33,34,36);3-9,15,17,20,25,35H,1-2,10-14,16,18-19H2,(H,33,34,36). The Morgan fingerprint density at radius 3 is 1.07 bits per heavy atom. The second-order valence-corrected chi connectivity index (χ2v) is 31.6. The number of morpholine rings is 3. The zero-order valence-electron chi connectivity index (χ0n) is 68.9. The molecule has 3 aromatic carbocycles. The number of rotatable bonds is 28. The number of ketones is 3. The molecule has 29 heteroatoms. The number of nitrogens with one attached hydrogen (secondary N) is 6. The number of hydrogen-bond acceptors (Lipinski definition) is 24. The molecular weight excluding hydrogens is 1550 g/mol. The zero-order valence-corrected chi connectivity index (χ0v) is 68.9. The number of amides is 2. The molecule has 630 valence electrons. The summed E-state index contributed by atoms with van der Waals surface area (Å²) in [6.07, 6.45) is 19.1. The van der Waals surface area contributed by atoms with Crippen molar-refractivity contribution >= 4 is 96.8 Å². The number of allylic oxidation sites excluding steroid dienone is 1. The van der Waals surface area contributed by atoms with Crippen molar-refractivity contribution in [2.24, 2.45) is 0 Å². The van der Waals surface area contributed by atoms with Crippen LogP contribution in [-0.2, 0) is 76.7 Å². The second kappa shape index (κ2) is 39.3. The van der Waals surface area contributed by atoms with Gasteiger partial charge in [-0.15, -0.1) is 0 Å². The van der Waals surface area contributed by atoms with Crippen LogP contribution in [0.25, 0.3) is 66.9 Å². The van der Waals surface area contributed by atoms with Gasteiger partial charge in [0.25, 0.3) is 0 Å². The molecule has 0 spiro atoms. The predicted molar refractivity (Wildman–Crippen MR) is 478 cm³/mol. The fourth-order valence-electron chi connectivity index (χ4n) is 16.6. The average molecular weight is 1650 g/mol. The van der Waals surface area contributed by atoms with Crippen LogP contribution in [-0.4, -0.2) is 225 Å². The Bertz CT molecular complexity index is 5790. The molecule has 0 bridgehead atoms. The van der Waals surface area contributed by atoms with E-state index >= 15 is 0 Å². The van der Waals surface area contributed by atoms with Crippen LogP contribution in [0.1, 0.15) is 53.0 Å². The first-order valence-corrected chi connectivity index (χ1v) is 42.0. The number of pyridine rings is 3. The van der Waals surface area contributed by atoms with Crippen molar-refractivity contribution < 1.29 is 38.2 Å². The molecule has 0 aliphatic carbocycles. The van der Waals surface area contributed by atoms with Crippen LogP contribution in [0.4, 0.5) is 34.5 Å². The van der Waals surface area contributed by atoms with Crippen LogP contribution in [0.3, 0.4) is 0 Å². The Balaban J connectivity index is 0.000000137. The Labute approximate surface area is 713 Å². The van der Waals surface area contributed by atoms with Crippen LogP contribution in [0.5, 0.6) is 0 Å². The second-order valence-electron chi connectivity index (χ2n) is 31.6. The SMILES string of the molecule is C=CC(=C)NC1CN(c2ccnc(CC(=O)Cc3ccc(-c4cc5c(N6CCOCC6)ncnc5[nH]4)cc3)c2)C1.C=CC(=O)NC1CCCN(c2ccnc(CC(=O)Cc3ccc(-c4cc5c(N6CCOCC6)ncnc5[nH]4)cc3)c2)C1.C=CC(=O)NC1CCN(c2ccnc(CC(=O)Cc3ccc(-c4cc5c(N6CCOCC6)ncnc5[nH]4)cc3)c2)C1. The van der Waals surface area contributed by atoms with Gasteiger partial charge < -0.3 is 74.5 Å². The average Bonchev–Trinajstić information content (AvgIpc) is 1.75. The number of ether oxygens (including phenoxy) is 3. The number of piperidine rings is 1. The summed E-state index contributed by atoms with van der Waals surface area (Å²) >= 11 is 0. The van der Waals surface area contributed by atoms with E-state index in [2.05, 4.69) is 150 Å². The minimum absolute atomic E-state index is 0.0783. The van der Waals surface area contributed by atoms with Crippen LogP contribution in [0.2, 0.25) is 0 Å². The first-order chi connectivity index (χ1) is 60.2. The number of benzene rings is 3. The number of carbonyl (C=O) groups is 5. The van der Waals surface area contributed by atoms with E-state index in [9.17, 15) is 24.0 Å². The summed E-state index contributed by atoms with van der Waals surface area (Å²) in [6, 6.07) is 42.9. The van der Waals surface area contributed by atoms with E-state index in [-0.39, 0.29) is 54.1 Å². The van der Waals surface area contributed by atoms with Crippen molar-refractivity contribution in [3.05, 3.63) is 249 Å². The number of aromatic amines is 3. The fraction of sp³-hybridized carbons (Fsp3) is 0.319. The molecule has 0 radical (unpaired) electrons. The van der Waals surface area contributed by atoms with Gasteiger partial charge in [-0.3, -0.25) is 38.9 Å². The lowest BCUT2D eigenvalue weighted by Gasteiger charge is -2.42. The lowest BCUT2D eigenvalue weighted by atomic mass is 10.0. The summed E-state index contributed by atoms with van der Waals surface area (Å²) in [6.45, 7) is 28.7. The molecule has 2 amide bonds. The maximum Gasteiger partial charge on any atom is 0.243 e. The summed E-state index contributed by atoms with van der Waals surface area (Å²) in [7, 11) is 0. The lowest BCUT2D eigenvalue weighted by molar-refractivity contribution is -0.118. The van der Waals surface area contributed by atoms with Gasteiger partial charge in [-0.1, -0.05) is 99.1 Å². The van der Waals surface area contributed by atoms with Crippen LogP contribution < -0.4 is 45.3 Å². The number of anilines is 6. The lowest BCUT2D eigenvalue weighted by Crippen LogP contribution is -2.57. The highest BCUT2D eigenvalue weighted by Crippen LogP contribution is 2.35. The van der Waals surface area contributed by atoms with Crippen molar-refractivity contribution in [3.63, 3.8) is 0 Å². The molecule has 6 aliphatic rings. The predicted octanol–water partition coefficient (Wildman–Crippen LogP) is 10.3. The smallest absolute Gasteiger partial charge is 0.243 e. The van der Waals surface area contributed by atoms with Crippen LogP contribution in [0, 0.1) is 0 Å². The van der Waals surface area contributed by atoms with E-state index in [1.165, 1.54) is 12.2 Å². The molecule has 15 heterocycles. The quantitative estimate of drug-likeness (QED) is 0.0196. The third kappa shape index (κ3) is 21.0. The van der Waals surface area contributed by atoms with E-state index in [0.29, 0.717) is 71.4 Å². The minimum Gasteiger partial charge on any atom is -0.379 e. The molecule has 6 fully saturated rings. The molecule has 18 rings (SSSR count). The van der Waals surface area contributed by atoms with Crippen molar-refractivity contribution in [1.29, 1.82) is 0 Å². The Kier molecular flexibility index (Phi) is 26.5. The summed E-state index contributed by atoms with van der Waals surface area (Å²) in [5.41, 5.74) is 17.6. The highest BCUT2D eigenvalue weighted by molar-refractivity contribution is 5.95. The normalized spacial score (nSPS) is 16.7. The molecule has 0 saturated carbocycles. The summed E-state index contributed by atoms with van der Waals surface area (Å²) in [5, 5.41) is 12.3. The molecule has 6 aliphatic heterocycles. The maximum absolute atomic E-state index is 13.0. The van der Waals surface area contributed by atoms with Gasteiger partial charge in [-0.25, -0.2) is 29.9 Å². The molecule has 123 heavy (non-hydrogen) atoms.